The normalized spacial score (nSPS) is 15.6. The number of carbonyl (C=O) groups is 2. The van der Waals surface area contributed by atoms with Crippen molar-refractivity contribution in [3.63, 3.8) is 0 Å². The number of hydrogen-bond acceptors (Lipinski definition) is 5. The van der Waals surface area contributed by atoms with Crippen LogP contribution in [-0.2, 0) is 4.74 Å². The maximum absolute atomic E-state index is 12.0. The van der Waals surface area contributed by atoms with E-state index < -0.39 is 5.60 Å². The zero-order chi connectivity index (χ0) is 19.2. The Hall–Kier alpha value is -1.86. The van der Waals surface area contributed by atoms with Crippen molar-refractivity contribution in [1.82, 2.24) is 20.1 Å². The molecule has 7 nitrogen and oxygen atoms in total. The maximum Gasteiger partial charge on any atom is 0.410 e. The number of halogens is 1. The molecule has 1 fully saturated rings. The van der Waals surface area contributed by atoms with Crippen LogP contribution in [0.4, 0.5) is 4.79 Å². The third-order valence-electron chi connectivity index (χ3n) is 3.95. The predicted octanol–water partition coefficient (Wildman–Crippen LogP) is 2.41. The molecule has 1 saturated heterocycles. The number of ether oxygens (including phenoxy) is 1. The average molecular weight is 383 g/mol. The summed E-state index contributed by atoms with van der Waals surface area (Å²) in [6, 6.07) is 3.18. The van der Waals surface area contributed by atoms with Gasteiger partial charge in [-0.1, -0.05) is 11.6 Å². The van der Waals surface area contributed by atoms with Gasteiger partial charge in [0.2, 0.25) is 0 Å². The van der Waals surface area contributed by atoms with E-state index >= 15 is 0 Å². The Balaban J connectivity index is 1.63. The van der Waals surface area contributed by atoms with Gasteiger partial charge in [-0.15, -0.1) is 0 Å². The third-order valence-corrected chi connectivity index (χ3v) is 4.16. The van der Waals surface area contributed by atoms with Crippen LogP contribution in [0.5, 0.6) is 0 Å². The van der Waals surface area contributed by atoms with Gasteiger partial charge >= 0.3 is 6.09 Å². The molecule has 1 aromatic heterocycles. The molecule has 1 aliphatic rings. The number of nitrogens with zero attached hydrogens (tertiary/aromatic N) is 3. The third kappa shape index (κ3) is 6.80. The first kappa shape index (κ1) is 20.5. The fourth-order valence-electron chi connectivity index (χ4n) is 2.63. The molecule has 0 saturated carbocycles. The van der Waals surface area contributed by atoms with E-state index in [0.29, 0.717) is 30.4 Å². The lowest BCUT2D eigenvalue weighted by Crippen LogP contribution is -2.50. The summed E-state index contributed by atoms with van der Waals surface area (Å²) < 4.78 is 5.39. The molecule has 8 heteroatoms. The van der Waals surface area contributed by atoms with E-state index in [9.17, 15) is 9.59 Å². The molecule has 26 heavy (non-hydrogen) atoms. The Morgan fingerprint density at radius 3 is 2.58 bits per heavy atom. The second-order valence-electron chi connectivity index (χ2n) is 7.29. The van der Waals surface area contributed by atoms with E-state index in [4.69, 9.17) is 16.3 Å². The molecule has 2 rings (SSSR count). The number of amides is 2. The van der Waals surface area contributed by atoms with Crippen LogP contribution in [0.25, 0.3) is 0 Å². The summed E-state index contributed by atoms with van der Waals surface area (Å²) in [5.41, 5.74) is 0.0434. The summed E-state index contributed by atoms with van der Waals surface area (Å²) in [4.78, 5) is 31.9. The first-order valence-corrected chi connectivity index (χ1v) is 9.22. The van der Waals surface area contributed by atoms with Gasteiger partial charge in [0.15, 0.2) is 0 Å². The van der Waals surface area contributed by atoms with Crippen LogP contribution in [0.3, 0.4) is 0 Å². The van der Waals surface area contributed by atoms with Crippen LogP contribution in [-0.4, -0.2) is 71.7 Å². The lowest BCUT2D eigenvalue weighted by Gasteiger charge is -2.35. The molecule has 144 valence electrons. The van der Waals surface area contributed by atoms with E-state index in [1.54, 1.807) is 17.0 Å². The van der Waals surface area contributed by atoms with Crippen molar-refractivity contribution in [3.05, 3.63) is 29.0 Å². The van der Waals surface area contributed by atoms with Gasteiger partial charge in [0, 0.05) is 44.5 Å². The molecular formula is C18H27ClN4O3. The Kier molecular flexibility index (Phi) is 7.23. The Morgan fingerprint density at radius 2 is 1.96 bits per heavy atom. The zero-order valence-corrected chi connectivity index (χ0v) is 16.4. The molecule has 0 bridgehead atoms. The van der Waals surface area contributed by atoms with Crippen LogP contribution >= 0.6 is 11.6 Å². The summed E-state index contributed by atoms with van der Waals surface area (Å²) >= 11 is 5.79. The zero-order valence-electron chi connectivity index (χ0n) is 15.6. The summed E-state index contributed by atoms with van der Waals surface area (Å²) in [6.45, 7) is 10.0. The monoisotopic (exact) mass is 382 g/mol. The van der Waals surface area contributed by atoms with Crippen LogP contribution in [0, 0.1) is 0 Å². The highest BCUT2D eigenvalue weighted by atomic mass is 35.5. The highest BCUT2D eigenvalue weighted by Crippen LogP contribution is 2.12. The van der Waals surface area contributed by atoms with Crippen molar-refractivity contribution in [2.75, 3.05) is 39.3 Å². The van der Waals surface area contributed by atoms with Gasteiger partial charge in [0.1, 0.15) is 10.8 Å². The Labute approximate surface area is 159 Å². The number of rotatable bonds is 5. The standard InChI is InChI=1S/C18H27ClN4O3/c1-18(2,3)26-17(25)23-11-9-22(10-12-23)8-4-6-21-16(24)14-5-7-20-15(19)13-14/h5,7,13H,4,6,8-12H2,1-3H3,(H,21,24). The molecule has 1 N–H and O–H groups in total. The predicted molar refractivity (Wildman–Crippen MR) is 100 cm³/mol. The lowest BCUT2D eigenvalue weighted by atomic mass is 10.2. The minimum Gasteiger partial charge on any atom is -0.444 e. The largest absolute Gasteiger partial charge is 0.444 e. The summed E-state index contributed by atoms with van der Waals surface area (Å²) in [5.74, 6) is -0.149. The molecular weight excluding hydrogens is 356 g/mol. The number of pyridine rings is 1. The summed E-state index contributed by atoms with van der Waals surface area (Å²) in [5, 5.41) is 3.19. The molecule has 1 aromatic rings. The van der Waals surface area contributed by atoms with Crippen molar-refractivity contribution in [2.45, 2.75) is 32.8 Å². The van der Waals surface area contributed by atoms with Crippen molar-refractivity contribution in [1.29, 1.82) is 0 Å². The van der Waals surface area contributed by atoms with E-state index in [0.717, 1.165) is 26.1 Å². The molecule has 0 atom stereocenters. The van der Waals surface area contributed by atoms with Crippen molar-refractivity contribution in [3.8, 4) is 0 Å². The highest BCUT2D eigenvalue weighted by molar-refractivity contribution is 6.29. The summed E-state index contributed by atoms with van der Waals surface area (Å²) in [7, 11) is 0. The fourth-order valence-corrected chi connectivity index (χ4v) is 2.80. The van der Waals surface area contributed by atoms with E-state index in [2.05, 4.69) is 15.2 Å². The number of aromatic nitrogens is 1. The molecule has 2 heterocycles. The topological polar surface area (TPSA) is 74.8 Å². The molecule has 1 aliphatic heterocycles. The second kappa shape index (κ2) is 9.19. The smallest absolute Gasteiger partial charge is 0.410 e. The molecule has 0 unspecified atom stereocenters. The first-order valence-electron chi connectivity index (χ1n) is 8.84. The van der Waals surface area contributed by atoms with Gasteiger partial charge < -0.3 is 15.0 Å². The van der Waals surface area contributed by atoms with Crippen LogP contribution in [0.15, 0.2) is 18.3 Å². The molecule has 0 spiro atoms. The van der Waals surface area contributed by atoms with Gasteiger partial charge in [-0.3, -0.25) is 9.69 Å². The minimum absolute atomic E-state index is 0.149. The van der Waals surface area contributed by atoms with E-state index in [1.165, 1.54) is 6.20 Å². The fraction of sp³-hybridized carbons (Fsp3) is 0.611. The SMILES string of the molecule is CC(C)(C)OC(=O)N1CCN(CCCNC(=O)c2ccnc(Cl)c2)CC1. The molecule has 0 aromatic carbocycles. The molecule has 0 aliphatic carbocycles. The van der Waals surface area contributed by atoms with Crippen molar-refractivity contribution in [2.24, 2.45) is 0 Å². The van der Waals surface area contributed by atoms with Crippen molar-refractivity contribution >= 4 is 23.6 Å². The molecule has 2 amide bonds. The van der Waals surface area contributed by atoms with Gasteiger partial charge in [-0.05, 0) is 45.9 Å². The molecule has 0 radical (unpaired) electrons. The lowest BCUT2D eigenvalue weighted by molar-refractivity contribution is 0.0144. The van der Waals surface area contributed by atoms with Crippen LogP contribution in [0.1, 0.15) is 37.6 Å². The Morgan fingerprint density at radius 1 is 1.27 bits per heavy atom. The minimum atomic E-state index is -0.467. The second-order valence-corrected chi connectivity index (χ2v) is 7.67. The Bertz CT molecular complexity index is 625. The number of nitrogens with one attached hydrogen (secondary N) is 1. The number of carbonyl (C=O) groups excluding carboxylic acids is 2. The van der Waals surface area contributed by atoms with Crippen LogP contribution < -0.4 is 5.32 Å². The first-order chi connectivity index (χ1) is 12.2. The van der Waals surface area contributed by atoms with E-state index in [1.807, 2.05) is 20.8 Å². The quantitative estimate of drug-likeness (QED) is 0.625. The number of hydrogen-bond donors (Lipinski definition) is 1. The van der Waals surface area contributed by atoms with Gasteiger partial charge in [0.25, 0.3) is 5.91 Å². The van der Waals surface area contributed by atoms with Gasteiger partial charge in [-0.2, -0.15) is 0 Å². The van der Waals surface area contributed by atoms with Gasteiger partial charge in [-0.25, -0.2) is 9.78 Å². The van der Waals surface area contributed by atoms with E-state index in [-0.39, 0.29) is 12.0 Å². The van der Waals surface area contributed by atoms with Crippen molar-refractivity contribution < 1.29 is 14.3 Å². The number of piperazine rings is 1. The van der Waals surface area contributed by atoms with Gasteiger partial charge in [0.05, 0.1) is 0 Å². The average Bonchev–Trinajstić information content (AvgIpc) is 2.57. The summed E-state index contributed by atoms with van der Waals surface area (Å²) in [6.07, 6.45) is 2.11. The maximum atomic E-state index is 12.0. The van der Waals surface area contributed by atoms with Crippen LogP contribution in [0.2, 0.25) is 5.15 Å². The highest BCUT2D eigenvalue weighted by Gasteiger charge is 2.25.